The van der Waals surface area contributed by atoms with Crippen LogP contribution in [-0.2, 0) is 6.42 Å². The normalized spacial score (nSPS) is 13.9. The molecule has 6 nitrogen and oxygen atoms in total. The molecule has 4 rings (SSSR count). The lowest BCUT2D eigenvalue weighted by Crippen LogP contribution is -2.31. The van der Waals surface area contributed by atoms with E-state index in [0.717, 1.165) is 31.5 Å². The monoisotopic (exact) mass is 480 g/mol. The van der Waals surface area contributed by atoms with Gasteiger partial charge < -0.3 is 10.2 Å². The maximum atomic E-state index is 12.9. The van der Waals surface area contributed by atoms with Crippen LogP contribution < -0.4 is 5.32 Å². The molecule has 1 fully saturated rings. The minimum absolute atomic E-state index is 0.0695. The van der Waals surface area contributed by atoms with E-state index in [1.165, 1.54) is 30.4 Å². The second-order valence-corrected chi connectivity index (χ2v) is 9.37. The van der Waals surface area contributed by atoms with E-state index < -0.39 is 0 Å². The molecule has 2 N–H and O–H groups in total. The first kappa shape index (κ1) is 23.1. The number of anilines is 1. The molecule has 0 atom stereocenters. The zero-order valence-electron chi connectivity index (χ0n) is 18.1. The van der Waals surface area contributed by atoms with E-state index in [1.54, 1.807) is 35.7 Å². The number of halogens is 1. The van der Waals surface area contributed by atoms with E-state index in [0.29, 0.717) is 32.7 Å². The number of amides is 1. The van der Waals surface area contributed by atoms with Gasteiger partial charge in [0.2, 0.25) is 0 Å². The van der Waals surface area contributed by atoms with E-state index in [-0.39, 0.29) is 18.1 Å². The molecule has 0 bridgehead atoms. The lowest BCUT2D eigenvalue weighted by molar-refractivity contribution is 0.0993. The third-order valence-electron chi connectivity index (χ3n) is 5.68. The number of Topliss-reactive ketones (excluding diaryl/α,β-unsaturated/α-hetero) is 1. The van der Waals surface area contributed by atoms with Crippen LogP contribution >= 0.6 is 22.9 Å². The largest absolute Gasteiger partial charge is 0.357 e. The summed E-state index contributed by atoms with van der Waals surface area (Å²) in [5.74, 6) is 0.546. The van der Waals surface area contributed by atoms with Crippen molar-refractivity contribution in [3.05, 3.63) is 80.6 Å². The van der Waals surface area contributed by atoms with Crippen LogP contribution in [0.15, 0.2) is 54.0 Å². The van der Waals surface area contributed by atoms with Crippen molar-refractivity contribution in [3.63, 3.8) is 0 Å². The molecule has 1 amide bonds. The highest BCUT2D eigenvalue weighted by atomic mass is 35.5. The molecule has 0 saturated carbocycles. The van der Waals surface area contributed by atoms with Crippen LogP contribution in [-0.4, -0.2) is 40.5 Å². The van der Waals surface area contributed by atoms with Gasteiger partial charge in [0, 0.05) is 36.8 Å². The molecule has 0 aliphatic carbocycles. The SMILES string of the molecule is N=C(c1ccc(C(=O)Cc2ccsc2C(=O)Nc2ccc(Cl)cn2)cc1)N1CCCCCC1. The number of nitrogens with one attached hydrogen (secondary N) is 2. The molecule has 2 aromatic heterocycles. The highest BCUT2D eigenvalue weighted by Crippen LogP contribution is 2.21. The molecule has 3 heterocycles. The number of likely N-dealkylation sites (tertiary alicyclic amines) is 1. The summed E-state index contributed by atoms with van der Waals surface area (Å²) < 4.78 is 0. The first-order valence-corrected chi connectivity index (χ1v) is 12.2. The van der Waals surface area contributed by atoms with Crippen LogP contribution in [0.3, 0.4) is 0 Å². The van der Waals surface area contributed by atoms with Crippen LogP contribution in [0, 0.1) is 5.41 Å². The summed E-state index contributed by atoms with van der Waals surface area (Å²) in [6.07, 6.45) is 6.26. The van der Waals surface area contributed by atoms with Gasteiger partial charge in [0.25, 0.3) is 5.91 Å². The molecule has 1 aromatic carbocycles. The Labute approximate surface area is 202 Å². The van der Waals surface area contributed by atoms with Crippen molar-refractivity contribution in [1.82, 2.24) is 9.88 Å². The van der Waals surface area contributed by atoms with E-state index in [1.807, 2.05) is 12.1 Å². The van der Waals surface area contributed by atoms with Crippen molar-refractivity contribution >= 4 is 46.3 Å². The number of pyridine rings is 1. The second-order valence-electron chi connectivity index (χ2n) is 8.02. The van der Waals surface area contributed by atoms with Gasteiger partial charge in [0.15, 0.2) is 5.78 Å². The lowest BCUT2D eigenvalue weighted by atomic mass is 10.0. The average Bonchev–Trinajstić information content (AvgIpc) is 3.11. The van der Waals surface area contributed by atoms with Gasteiger partial charge in [0.05, 0.1) is 9.90 Å². The summed E-state index contributed by atoms with van der Waals surface area (Å²) in [5.41, 5.74) is 2.07. The summed E-state index contributed by atoms with van der Waals surface area (Å²) >= 11 is 7.13. The molecular weight excluding hydrogens is 456 g/mol. The molecule has 0 spiro atoms. The predicted octanol–water partition coefficient (Wildman–Crippen LogP) is 5.68. The Hall–Kier alpha value is -3.03. The highest BCUT2D eigenvalue weighted by Gasteiger charge is 2.18. The smallest absolute Gasteiger partial charge is 0.267 e. The van der Waals surface area contributed by atoms with Gasteiger partial charge in [-0.2, -0.15) is 0 Å². The first-order valence-electron chi connectivity index (χ1n) is 11.0. The van der Waals surface area contributed by atoms with Crippen molar-refractivity contribution in [2.24, 2.45) is 0 Å². The zero-order valence-corrected chi connectivity index (χ0v) is 19.7. The molecule has 1 aliphatic heterocycles. The fourth-order valence-corrected chi connectivity index (χ4v) is 4.79. The molecular formula is C25H25ClN4O2S. The van der Waals surface area contributed by atoms with Crippen LogP contribution in [0.1, 0.15) is 56.8 Å². The van der Waals surface area contributed by atoms with Gasteiger partial charge in [-0.15, -0.1) is 11.3 Å². The van der Waals surface area contributed by atoms with Crippen molar-refractivity contribution in [3.8, 4) is 0 Å². The number of thiophene rings is 1. The third-order valence-corrected chi connectivity index (χ3v) is 6.85. The topological polar surface area (TPSA) is 86.1 Å². The second kappa shape index (κ2) is 10.7. The number of amidine groups is 1. The van der Waals surface area contributed by atoms with E-state index in [9.17, 15) is 9.59 Å². The maximum absolute atomic E-state index is 12.9. The Balaban J connectivity index is 1.40. The van der Waals surface area contributed by atoms with Crippen molar-refractivity contribution < 1.29 is 9.59 Å². The van der Waals surface area contributed by atoms with Gasteiger partial charge in [-0.05, 0) is 42.0 Å². The number of hydrogen-bond acceptors (Lipinski definition) is 5. The Bertz CT molecular complexity index is 1130. The number of hydrogen-bond donors (Lipinski definition) is 2. The quantitative estimate of drug-likeness (QED) is 0.270. The van der Waals surface area contributed by atoms with E-state index in [4.69, 9.17) is 17.0 Å². The Morgan fingerprint density at radius 3 is 2.36 bits per heavy atom. The summed E-state index contributed by atoms with van der Waals surface area (Å²) in [4.78, 5) is 32.3. The number of nitrogens with zero attached hydrogens (tertiary/aromatic N) is 2. The minimum atomic E-state index is -0.302. The van der Waals surface area contributed by atoms with Crippen molar-refractivity contribution in [2.45, 2.75) is 32.1 Å². The van der Waals surface area contributed by atoms with Gasteiger partial charge in [-0.1, -0.05) is 48.7 Å². The first-order chi connectivity index (χ1) is 16.0. The predicted molar refractivity (Wildman–Crippen MR) is 133 cm³/mol. The molecule has 8 heteroatoms. The molecule has 1 aliphatic rings. The Kier molecular flexibility index (Phi) is 7.52. The highest BCUT2D eigenvalue weighted by molar-refractivity contribution is 7.12. The summed E-state index contributed by atoms with van der Waals surface area (Å²) in [5, 5.41) is 13.6. The average molecular weight is 481 g/mol. The summed E-state index contributed by atoms with van der Waals surface area (Å²) in [6, 6.07) is 12.3. The van der Waals surface area contributed by atoms with Gasteiger partial charge in [-0.25, -0.2) is 4.98 Å². The standard InChI is InChI=1S/C25H25ClN4O2S/c26-20-9-10-22(28-16-20)29-25(32)23-19(11-14-33-23)15-21(31)17-5-7-18(8-6-17)24(27)30-12-3-1-2-4-13-30/h5-11,14,16,27H,1-4,12-13,15H2,(H,28,29,32). The van der Waals surface area contributed by atoms with Gasteiger partial charge in [0.1, 0.15) is 11.7 Å². The molecule has 33 heavy (non-hydrogen) atoms. The molecule has 1 saturated heterocycles. The van der Waals surface area contributed by atoms with Gasteiger partial charge >= 0.3 is 0 Å². The summed E-state index contributed by atoms with van der Waals surface area (Å²) in [7, 11) is 0. The summed E-state index contributed by atoms with van der Waals surface area (Å²) in [6.45, 7) is 1.82. The van der Waals surface area contributed by atoms with E-state index in [2.05, 4.69) is 15.2 Å². The zero-order chi connectivity index (χ0) is 23.2. The van der Waals surface area contributed by atoms with Crippen LogP contribution in [0.5, 0.6) is 0 Å². The Morgan fingerprint density at radius 2 is 1.70 bits per heavy atom. The number of carbonyl (C=O) groups excluding carboxylic acids is 2. The molecule has 170 valence electrons. The fraction of sp³-hybridized carbons (Fsp3) is 0.280. The number of ketones is 1. The third kappa shape index (κ3) is 5.86. The van der Waals surface area contributed by atoms with Gasteiger partial charge in [-0.3, -0.25) is 15.0 Å². The molecule has 0 unspecified atom stereocenters. The maximum Gasteiger partial charge on any atom is 0.267 e. The number of benzene rings is 1. The number of aromatic nitrogens is 1. The van der Waals surface area contributed by atoms with E-state index >= 15 is 0 Å². The van der Waals surface area contributed by atoms with Crippen LogP contribution in [0.25, 0.3) is 0 Å². The fourth-order valence-electron chi connectivity index (χ4n) is 3.86. The minimum Gasteiger partial charge on any atom is -0.357 e. The van der Waals surface area contributed by atoms with Crippen LogP contribution in [0.4, 0.5) is 5.82 Å². The molecule has 0 radical (unpaired) electrons. The number of carbonyl (C=O) groups is 2. The Morgan fingerprint density at radius 1 is 1.00 bits per heavy atom. The molecule has 3 aromatic rings. The van der Waals surface area contributed by atoms with Crippen molar-refractivity contribution in [1.29, 1.82) is 5.41 Å². The van der Waals surface area contributed by atoms with Crippen molar-refractivity contribution in [2.75, 3.05) is 18.4 Å². The lowest BCUT2D eigenvalue weighted by Gasteiger charge is -2.23. The van der Waals surface area contributed by atoms with Crippen LogP contribution in [0.2, 0.25) is 5.02 Å². The number of rotatable bonds is 6.